The second-order valence-electron chi connectivity index (χ2n) is 6.76. The van der Waals surface area contributed by atoms with Crippen molar-refractivity contribution >= 4 is 11.7 Å². The van der Waals surface area contributed by atoms with E-state index in [1.807, 2.05) is 18.7 Å². The minimum Gasteiger partial charge on any atom is -0.354 e. The molecule has 1 aromatic heterocycles. The highest BCUT2D eigenvalue weighted by atomic mass is 16.2. The second kappa shape index (κ2) is 5.54. The van der Waals surface area contributed by atoms with E-state index in [1.165, 1.54) is 0 Å². The van der Waals surface area contributed by atoms with Crippen molar-refractivity contribution in [2.75, 3.05) is 13.1 Å². The van der Waals surface area contributed by atoms with Crippen LogP contribution >= 0.6 is 0 Å². The van der Waals surface area contributed by atoms with Gasteiger partial charge >= 0.3 is 0 Å². The van der Waals surface area contributed by atoms with Crippen molar-refractivity contribution in [2.45, 2.75) is 46.1 Å². The van der Waals surface area contributed by atoms with Crippen molar-refractivity contribution < 1.29 is 9.59 Å². The number of nitrogens with two attached hydrogens (primary N) is 1. The summed E-state index contributed by atoms with van der Waals surface area (Å²) in [5.41, 5.74) is 9.09. The lowest BCUT2D eigenvalue weighted by molar-refractivity contribution is 0.0773. The van der Waals surface area contributed by atoms with Gasteiger partial charge in [-0.2, -0.15) is 0 Å². The molecule has 1 aromatic rings. The Morgan fingerprint density at radius 1 is 1.32 bits per heavy atom. The zero-order valence-corrected chi connectivity index (χ0v) is 13.6. The Labute approximate surface area is 131 Å². The van der Waals surface area contributed by atoms with Crippen molar-refractivity contribution in [3.8, 4) is 0 Å². The van der Waals surface area contributed by atoms with Gasteiger partial charge in [-0.05, 0) is 50.5 Å². The number of nitrogens with zero attached hydrogens (tertiary/aromatic N) is 1. The lowest BCUT2D eigenvalue weighted by atomic mass is 9.98. The van der Waals surface area contributed by atoms with Crippen LogP contribution in [0.2, 0.25) is 0 Å². The zero-order chi connectivity index (χ0) is 16.0. The number of aromatic amines is 1. The van der Waals surface area contributed by atoms with Crippen LogP contribution in [0.3, 0.4) is 0 Å². The van der Waals surface area contributed by atoms with Crippen LogP contribution in [-0.4, -0.2) is 40.7 Å². The van der Waals surface area contributed by atoms with E-state index in [-0.39, 0.29) is 17.7 Å². The largest absolute Gasteiger partial charge is 0.354 e. The van der Waals surface area contributed by atoms with E-state index in [0.717, 1.165) is 37.2 Å². The third kappa shape index (κ3) is 2.28. The monoisotopic (exact) mass is 303 g/mol. The first kappa shape index (κ1) is 15.3. The third-order valence-corrected chi connectivity index (χ3v) is 5.41. The van der Waals surface area contributed by atoms with Gasteiger partial charge in [-0.25, -0.2) is 0 Å². The van der Waals surface area contributed by atoms with E-state index in [9.17, 15) is 9.59 Å². The average Bonchev–Trinajstić information content (AvgIpc) is 3.12. The van der Waals surface area contributed by atoms with Crippen LogP contribution in [0.5, 0.6) is 0 Å². The molecule has 2 fully saturated rings. The first-order valence-corrected chi connectivity index (χ1v) is 8.21. The Hall–Kier alpha value is -1.62. The lowest BCUT2D eigenvalue weighted by Crippen LogP contribution is -2.34. The Morgan fingerprint density at radius 2 is 2.05 bits per heavy atom. The number of carbonyl (C=O) groups is 2. The van der Waals surface area contributed by atoms with E-state index in [2.05, 4.69) is 4.98 Å². The van der Waals surface area contributed by atoms with Gasteiger partial charge in [0, 0.05) is 30.4 Å². The number of Topliss-reactive ketones (excluding diaryl/α,β-unsaturated/α-hetero) is 1. The Morgan fingerprint density at radius 3 is 2.64 bits per heavy atom. The van der Waals surface area contributed by atoms with Gasteiger partial charge in [0.1, 0.15) is 5.69 Å². The second-order valence-corrected chi connectivity index (χ2v) is 6.76. The van der Waals surface area contributed by atoms with Crippen LogP contribution in [-0.2, 0) is 6.42 Å². The van der Waals surface area contributed by atoms with Crippen molar-refractivity contribution in [2.24, 2.45) is 17.6 Å². The third-order valence-electron chi connectivity index (χ3n) is 5.41. The molecule has 2 heterocycles. The number of fused-ring (bicyclic) bond motifs is 1. The van der Waals surface area contributed by atoms with Crippen molar-refractivity contribution in [1.29, 1.82) is 0 Å². The maximum absolute atomic E-state index is 12.9. The van der Waals surface area contributed by atoms with E-state index in [4.69, 9.17) is 5.73 Å². The summed E-state index contributed by atoms with van der Waals surface area (Å²) < 4.78 is 0. The summed E-state index contributed by atoms with van der Waals surface area (Å²) in [7, 11) is 0. The highest BCUT2D eigenvalue weighted by Crippen LogP contribution is 2.38. The number of nitrogens with one attached hydrogen (secondary N) is 1. The summed E-state index contributed by atoms with van der Waals surface area (Å²) >= 11 is 0. The molecule has 1 amide bonds. The highest BCUT2D eigenvalue weighted by Gasteiger charge is 2.43. The van der Waals surface area contributed by atoms with Gasteiger partial charge in [0.2, 0.25) is 0 Å². The van der Waals surface area contributed by atoms with Gasteiger partial charge in [0.15, 0.2) is 5.78 Å². The highest BCUT2D eigenvalue weighted by molar-refractivity contribution is 6.02. The van der Waals surface area contributed by atoms with Gasteiger partial charge in [-0.1, -0.05) is 6.92 Å². The molecular formula is C17H25N3O2. The number of aryl methyl sites for hydroxylation is 1. The lowest BCUT2D eigenvalue weighted by Gasteiger charge is -2.19. The molecule has 1 saturated carbocycles. The average molecular weight is 303 g/mol. The summed E-state index contributed by atoms with van der Waals surface area (Å²) in [6, 6.07) is 0.228. The molecule has 0 radical (unpaired) electrons. The molecule has 1 aliphatic heterocycles. The Bertz CT molecular complexity index is 620. The summed E-state index contributed by atoms with van der Waals surface area (Å²) in [6.45, 7) is 6.96. The molecule has 5 nitrogen and oxygen atoms in total. The van der Waals surface area contributed by atoms with Crippen LogP contribution in [0.15, 0.2) is 0 Å². The number of H-pyrrole nitrogens is 1. The zero-order valence-electron chi connectivity index (χ0n) is 13.6. The smallest absolute Gasteiger partial charge is 0.270 e. The number of rotatable bonds is 3. The summed E-state index contributed by atoms with van der Waals surface area (Å²) in [5, 5.41) is 0. The Balaban J connectivity index is 1.87. The first-order chi connectivity index (χ1) is 10.4. The molecule has 1 aliphatic carbocycles. The molecule has 22 heavy (non-hydrogen) atoms. The standard InChI is InChI=1S/C17H25N3O2/c1-4-12-15(10(3)21)9(2)19-16(12)17(22)20-7-11-5-6-14(18)13(11)8-20/h11,13-14,19H,4-8,18H2,1-3H3. The number of hydrogen-bond donors (Lipinski definition) is 2. The molecule has 0 bridgehead atoms. The maximum atomic E-state index is 12.9. The number of likely N-dealkylation sites (tertiary alicyclic amines) is 1. The topological polar surface area (TPSA) is 79.2 Å². The minimum absolute atomic E-state index is 0.0185. The number of aromatic nitrogens is 1. The fraction of sp³-hybridized carbons (Fsp3) is 0.647. The van der Waals surface area contributed by atoms with Gasteiger partial charge in [0.25, 0.3) is 5.91 Å². The van der Waals surface area contributed by atoms with Crippen LogP contribution in [0.4, 0.5) is 0 Å². The molecule has 0 aromatic carbocycles. The molecule has 2 aliphatic rings. The van der Waals surface area contributed by atoms with E-state index in [1.54, 1.807) is 6.92 Å². The number of hydrogen-bond acceptors (Lipinski definition) is 3. The van der Waals surface area contributed by atoms with Crippen molar-refractivity contribution in [3.63, 3.8) is 0 Å². The van der Waals surface area contributed by atoms with E-state index < -0.39 is 0 Å². The number of amides is 1. The summed E-state index contributed by atoms with van der Waals surface area (Å²) in [6.07, 6.45) is 2.88. The number of carbonyl (C=O) groups excluding carboxylic acids is 2. The van der Waals surface area contributed by atoms with Crippen molar-refractivity contribution in [3.05, 3.63) is 22.5 Å². The molecule has 3 rings (SSSR count). The Kier molecular flexibility index (Phi) is 3.85. The van der Waals surface area contributed by atoms with Crippen LogP contribution in [0.25, 0.3) is 0 Å². The molecule has 120 valence electrons. The van der Waals surface area contributed by atoms with Gasteiger partial charge in [-0.15, -0.1) is 0 Å². The summed E-state index contributed by atoms with van der Waals surface area (Å²) in [5.74, 6) is 1.03. The van der Waals surface area contributed by atoms with Gasteiger partial charge in [0.05, 0.1) is 0 Å². The van der Waals surface area contributed by atoms with Gasteiger partial charge < -0.3 is 15.6 Å². The number of ketones is 1. The summed E-state index contributed by atoms with van der Waals surface area (Å²) in [4.78, 5) is 29.8. The molecule has 0 spiro atoms. The van der Waals surface area contributed by atoms with Gasteiger partial charge in [-0.3, -0.25) is 9.59 Å². The minimum atomic E-state index is 0.0185. The first-order valence-electron chi connectivity index (χ1n) is 8.21. The van der Waals surface area contributed by atoms with E-state index in [0.29, 0.717) is 29.5 Å². The van der Waals surface area contributed by atoms with Crippen LogP contribution < -0.4 is 5.73 Å². The fourth-order valence-electron chi connectivity index (χ4n) is 4.32. The normalized spacial score (nSPS) is 27.3. The molecule has 5 heteroatoms. The van der Waals surface area contributed by atoms with Crippen LogP contribution in [0.1, 0.15) is 58.8 Å². The molecule has 3 N–H and O–H groups in total. The molecule has 3 atom stereocenters. The van der Waals surface area contributed by atoms with Crippen molar-refractivity contribution in [1.82, 2.24) is 9.88 Å². The maximum Gasteiger partial charge on any atom is 0.270 e. The molecular weight excluding hydrogens is 278 g/mol. The van der Waals surface area contributed by atoms with E-state index >= 15 is 0 Å². The fourth-order valence-corrected chi connectivity index (χ4v) is 4.32. The quantitative estimate of drug-likeness (QED) is 0.837. The van der Waals surface area contributed by atoms with Crippen LogP contribution in [0, 0.1) is 18.8 Å². The predicted octanol–water partition coefficient (Wildman–Crippen LogP) is 1.90. The SMILES string of the molecule is CCc1c(C(=O)N2CC3CCC(N)C3C2)[nH]c(C)c1C(C)=O. The molecule has 1 saturated heterocycles. The molecule has 3 unspecified atom stereocenters. The predicted molar refractivity (Wildman–Crippen MR) is 85.0 cm³/mol.